The molecule has 0 bridgehead atoms. The second kappa shape index (κ2) is 7.62. The SMILES string of the molecule is CCOc1ccc2c(c1)C(NCc1ncc(-c3ccccc3)[nH]1)CCO2. The minimum atomic E-state index is 0.226. The predicted octanol–water partition coefficient (Wildman–Crippen LogP) is 4.09. The lowest BCUT2D eigenvalue weighted by Gasteiger charge is -2.27. The summed E-state index contributed by atoms with van der Waals surface area (Å²) < 4.78 is 11.4. The van der Waals surface area contributed by atoms with Crippen molar-refractivity contribution in [2.24, 2.45) is 0 Å². The summed E-state index contributed by atoms with van der Waals surface area (Å²) in [5.74, 6) is 2.74. The van der Waals surface area contributed by atoms with Crippen LogP contribution < -0.4 is 14.8 Å². The lowest BCUT2D eigenvalue weighted by molar-refractivity contribution is 0.250. The number of aromatic nitrogens is 2. The molecule has 0 spiro atoms. The molecule has 4 rings (SSSR count). The maximum atomic E-state index is 5.78. The van der Waals surface area contributed by atoms with E-state index in [-0.39, 0.29) is 6.04 Å². The molecule has 5 heteroatoms. The molecule has 2 N–H and O–H groups in total. The third kappa shape index (κ3) is 3.58. The molecule has 26 heavy (non-hydrogen) atoms. The van der Waals surface area contributed by atoms with Gasteiger partial charge in [-0.2, -0.15) is 0 Å². The number of imidazole rings is 1. The second-order valence-corrected chi connectivity index (χ2v) is 6.31. The van der Waals surface area contributed by atoms with Crippen LogP contribution in [-0.2, 0) is 6.54 Å². The molecular formula is C21H23N3O2. The van der Waals surface area contributed by atoms with Gasteiger partial charge in [0.2, 0.25) is 0 Å². The highest BCUT2D eigenvalue weighted by atomic mass is 16.5. The number of benzene rings is 2. The Hall–Kier alpha value is -2.79. The zero-order chi connectivity index (χ0) is 17.8. The van der Waals surface area contributed by atoms with Crippen molar-refractivity contribution in [2.45, 2.75) is 25.9 Å². The van der Waals surface area contributed by atoms with Gasteiger partial charge in [-0.1, -0.05) is 30.3 Å². The largest absolute Gasteiger partial charge is 0.494 e. The number of rotatable bonds is 6. The van der Waals surface area contributed by atoms with E-state index in [2.05, 4.69) is 33.5 Å². The van der Waals surface area contributed by atoms with Crippen molar-refractivity contribution in [3.8, 4) is 22.8 Å². The van der Waals surface area contributed by atoms with Crippen molar-refractivity contribution in [1.82, 2.24) is 15.3 Å². The molecule has 0 radical (unpaired) electrons. The number of ether oxygens (including phenoxy) is 2. The number of fused-ring (bicyclic) bond motifs is 1. The van der Waals surface area contributed by atoms with Crippen LogP contribution in [0.15, 0.2) is 54.7 Å². The molecule has 3 aromatic rings. The quantitative estimate of drug-likeness (QED) is 0.704. The van der Waals surface area contributed by atoms with Gasteiger partial charge in [0.1, 0.15) is 17.3 Å². The van der Waals surface area contributed by atoms with Crippen molar-refractivity contribution in [3.63, 3.8) is 0 Å². The van der Waals surface area contributed by atoms with E-state index in [0.717, 1.165) is 40.6 Å². The molecule has 0 saturated carbocycles. The van der Waals surface area contributed by atoms with Crippen LogP contribution in [0.25, 0.3) is 11.3 Å². The molecule has 0 fully saturated rings. The van der Waals surface area contributed by atoms with Gasteiger partial charge < -0.3 is 19.8 Å². The molecule has 0 saturated heterocycles. The van der Waals surface area contributed by atoms with E-state index in [4.69, 9.17) is 9.47 Å². The normalized spacial score (nSPS) is 16.0. The molecule has 5 nitrogen and oxygen atoms in total. The number of hydrogen-bond acceptors (Lipinski definition) is 4. The van der Waals surface area contributed by atoms with Crippen molar-refractivity contribution in [1.29, 1.82) is 0 Å². The second-order valence-electron chi connectivity index (χ2n) is 6.31. The monoisotopic (exact) mass is 349 g/mol. The van der Waals surface area contributed by atoms with Gasteiger partial charge in [-0.05, 0) is 30.7 Å². The average molecular weight is 349 g/mol. The highest BCUT2D eigenvalue weighted by Crippen LogP contribution is 2.35. The summed E-state index contributed by atoms with van der Waals surface area (Å²) in [6, 6.07) is 16.5. The topological polar surface area (TPSA) is 59.2 Å². The van der Waals surface area contributed by atoms with Crippen LogP contribution in [0.1, 0.15) is 30.8 Å². The van der Waals surface area contributed by atoms with Crippen LogP contribution in [0.3, 0.4) is 0 Å². The lowest BCUT2D eigenvalue weighted by atomic mass is 10.00. The van der Waals surface area contributed by atoms with Gasteiger partial charge >= 0.3 is 0 Å². The third-order valence-corrected chi connectivity index (χ3v) is 4.56. The van der Waals surface area contributed by atoms with Gasteiger partial charge in [0.25, 0.3) is 0 Å². The van der Waals surface area contributed by atoms with Gasteiger partial charge in [-0.25, -0.2) is 4.98 Å². The molecule has 1 aromatic heterocycles. The summed E-state index contributed by atoms with van der Waals surface area (Å²) in [6.45, 7) is 4.04. The number of aromatic amines is 1. The Morgan fingerprint density at radius 3 is 2.96 bits per heavy atom. The first kappa shape index (κ1) is 16.7. The van der Waals surface area contributed by atoms with E-state index in [1.54, 1.807) is 0 Å². The summed E-state index contributed by atoms with van der Waals surface area (Å²) in [5, 5.41) is 3.60. The first-order valence-electron chi connectivity index (χ1n) is 9.05. The Bertz CT molecular complexity index is 861. The number of hydrogen-bond donors (Lipinski definition) is 2. The summed E-state index contributed by atoms with van der Waals surface area (Å²) in [6.07, 6.45) is 2.81. The van der Waals surface area contributed by atoms with Crippen molar-refractivity contribution >= 4 is 0 Å². The maximum absolute atomic E-state index is 5.78. The fourth-order valence-electron chi connectivity index (χ4n) is 3.28. The molecule has 1 unspecified atom stereocenters. The first-order chi connectivity index (χ1) is 12.8. The smallest absolute Gasteiger partial charge is 0.124 e. The Kier molecular flexibility index (Phi) is 4.88. The molecule has 134 valence electrons. The maximum Gasteiger partial charge on any atom is 0.124 e. The van der Waals surface area contributed by atoms with Gasteiger partial charge in [0.15, 0.2) is 0 Å². The molecule has 1 aliphatic heterocycles. The zero-order valence-electron chi connectivity index (χ0n) is 14.9. The summed E-state index contributed by atoms with van der Waals surface area (Å²) in [4.78, 5) is 7.90. The van der Waals surface area contributed by atoms with E-state index in [1.165, 1.54) is 0 Å². The fourth-order valence-corrected chi connectivity index (χ4v) is 3.28. The highest BCUT2D eigenvalue weighted by Gasteiger charge is 2.22. The van der Waals surface area contributed by atoms with Crippen LogP contribution in [0, 0.1) is 0 Å². The van der Waals surface area contributed by atoms with Crippen molar-refractivity contribution < 1.29 is 9.47 Å². The number of H-pyrrole nitrogens is 1. The van der Waals surface area contributed by atoms with Crippen molar-refractivity contribution in [2.75, 3.05) is 13.2 Å². The molecule has 1 aliphatic rings. The van der Waals surface area contributed by atoms with E-state index in [9.17, 15) is 0 Å². The van der Waals surface area contributed by atoms with Gasteiger partial charge in [-0.3, -0.25) is 0 Å². The summed E-state index contributed by atoms with van der Waals surface area (Å²) in [5.41, 5.74) is 3.33. The Labute approximate surface area is 153 Å². The van der Waals surface area contributed by atoms with Gasteiger partial charge in [0, 0.05) is 18.0 Å². The Balaban J connectivity index is 1.46. The number of nitrogens with one attached hydrogen (secondary N) is 2. The van der Waals surface area contributed by atoms with Crippen molar-refractivity contribution in [3.05, 3.63) is 66.1 Å². The molecular weight excluding hydrogens is 326 g/mol. The standard InChI is InChI=1S/C21H23N3O2/c1-2-25-16-8-9-20-17(12-16)18(10-11-26-20)22-14-21-23-13-19(24-21)15-6-4-3-5-7-15/h3-9,12-13,18,22H,2,10-11,14H2,1H3,(H,23,24). The molecule has 1 atom stereocenters. The van der Waals surface area contributed by atoms with Gasteiger partial charge in [-0.15, -0.1) is 0 Å². The van der Waals surface area contributed by atoms with E-state index >= 15 is 0 Å². The summed E-state index contributed by atoms with van der Waals surface area (Å²) >= 11 is 0. The van der Waals surface area contributed by atoms with E-state index in [0.29, 0.717) is 19.8 Å². The third-order valence-electron chi connectivity index (χ3n) is 4.56. The van der Waals surface area contributed by atoms with Gasteiger partial charge in [0.05, 0.1) is 31.6 Å². The predicted molar refractivity (Wildman–Crippen MR) is 101 cm³/mol. The van der Waals surface area contributed by atoms with Crippen LogP contribution in [0.2, 0.25) is 0 Å². The Morgan fingerprint density at radius 2 is 2.12 bits per heavy atom. The Morgan fingerprint density at radius 1 is 1.23 bits per heavy atom. The first-order valence-corrected chi connectivity index (χ1v) is 9.05. The van der Waals surface area contributed by atoms with Crippen LogP contribution in [-0.4, -0.2) is 23.2 Å². The molecule has 0 aliphatic carbocycles. The minimum Gasteiger partial charge on any atom is -0.494 e. The average Bonchev–Trinajstić information content (AvgIpc) is 3.16. The highest BCUT2D eigenvalue weighted by molar-refractivity contribution is 5.58. The van der Waals surface area contributed by atoms with Crippen LogP contribution in [0.5, 0.6) is 11.5 Å². The zero-order valence-corrected chi connectivity index (χ0v) is 14.9. The minimum absolute atomic E-state index is 0.226. The fraction of sp³-hybridized carbons (Fsp3) is 0.286. The van der Waals surface area contributed by atoms with Crippen LogP contribution >= 0.6 is 0 Å². The van der Waals surface area contributed by atoms with E-state index < -0.39 is 0 Å². The molecule has 2 heterocycles. The lowest BCUT2D eigenvalue weighted by Crippen LogP contribution is -2.27. The molecule has 2 aromatic carbocycles. The molecule has 0 amide bonds. The van der Waals surface area contributed by atoms with E-state index in [1.807, 2.05) is 43.5 Å². The van der Waals surface area contributed by atoms with Crippen LogP contribution in [0.4, 0.5) is 0 Å². The summed E-state index contributed by atoms with van der Waals surface area (Å²) in [7, 11) is 0. The number of nitrogens with zero attached hydrogens (tertiary/aromatic N) is 1.